The number of rotatable bonds is 7. The molecule has 0 unspecified atom stereocenters. The Morgan fingerprint density at radius 2 is 1.52 bits per heavy atom. The fourth-order valence-electron chi connectivity index (χ4n) is 6.94. The summed E-state index contributed by atoms with van der Waals surface area (Å²) in [5.74, 6) is -0.409. The van der Waals surface area contributed by atoms with E-state index >= 15 is 0 Å². The molecule has 1 N–H and O–H groups in total. The molecule has 0 bridgehead atoms. The summed E-state index contributed by atoms with van der Waals surface area (Å²) in [5.41, 5.74) is 8.02. The zero-order chi connectivity index (χ0) is 46.3. The van der Waals surface area contributed by atoms with E-state index in [4.69, 9.17) is 16.0 Å². The average Bonchev–Trinajstić information content (AvgIpc) is 3.65. The van der Waals surface area contributed by atoms with Crippen molar-refractivity contribution < 1.29 is 38.5 Å². The minimum absolute atomic E-state index is 0. The maximum Gasteiger partial charge on any atom is 0.148 e. The van der Waals surface area contributed by atoms with E-state index in [1.165, 1.54) is 0 Å². The molecule has 0 saturated heterocycles. The molecular weight excluding hydrogens is 866 g/mol. The Labute approximate surface area is 357 Å². The Kier molecular flexibility index (Phi) is 7.98. The second-order valence-corrected chi connectivity index (χ2v) is 15.2. The van der Waals surface area contributed by atoms with E-state index in [0.29, 0.717) is 44.7 Å². The number of aromatic nitrogens is 3. The molecule has 0 aliphatic heterocycles. The third kappa shape index (κ3) is 7.51. The number of phenols is 1. The zero-order valence-corrected chi connectivity index (χ0v) is 34.5. The zero-order valence-electron chi connectivity index (χ0n) is 41.3. The molecule has 8 rings (SSSR count). The molecule has 2 heterocycles. The summed E-state index contributed by atoms with van der Waals surface area (Å²) in [6, 6.07) is 29.0. The number of para-hydroxylation sites is 1. The Morgan fingerprint density at radius 1 is 0.768 bits per heavy atom. The molecule has 0 saturated carbocycles. The van der Waals surface area contributed by atoms with E-state index in [2.05, 4.69) is 17.1 Å². The van der Waals surface area contributed by atoms with Gasteiger partial charge in [0.2, 0.25) is 0 Å². The first-order valence-electron chi connectivity index (χ1n) is 22.7. The summed E-state index contributed by atoms with van der Waals surface area (Å²) in [5, 5.41) is 11.7. The van der Waals surface area contributed by atoms with Crippen LogP contribution in [-0.2, 0) is 26.5 Å². The molecule has 56 heavy (non-hydrogen) atoms. The second kappa shape index (κ2) is 15.5. The number of benzene rings is 6. The minimum Gasteiger partial charge on any atom is -0.507 e. The van der Waals surface area contributed by atoms with Crippen LogP contribution >= 0.6 is 0 Å². The number of aryl methyl sites for hydroxylation is 2. The van der Waals surface area contributed by atoms with Gasteiger partial charge in [-0.05, 0) is 94.4 Å². The third-order valence-electron chi connectivity index (χ3n) is 9.85. The van der Waals surface area contributed by atoms with E-state index in [1.807, 2.05) is 138 Å². The molecular formula is C51H46N3OPt-. The van der Waals surface area contributed by atoms with Crippen molar-refractivity contribution in [2.45, 2.75) is 59.8 Å². The fourth-order valence-corrected chi connectivity index (χ4v) is 6.94. The van der Waals surface area contributed by atoms with Crippen molar-refractivity contribution in [3.05, 3.63) is 168 Å². The third-order valence-corrected chi connectivity index (χ3v) is 9.85. The van der Waals surface area contributed by atoms with E-state index in [9.17, 15) is 6.48 Å². The maximum atomic E-state index is 11.7. The van der Waals surface area contributed by atoms with Crippen LogP contribution in [0.15, 0.2) is 139 Å². The summed E-state index contributed by atoms with van der Waals surface area (Å²) in [4.78, 5) is 9.74. The summed E-state index contributed by atoms with van der Waals surface area (Å²) in [6.45, 7) is 13.6. The Balaban J connectivity index is 0.00000630. The van der Waals surface area contributed by atoms with Gasteiger partial charge in [-0.25, -0.2) is 4.98 Å². The number of phenolic OH excluding ortho intramolecular Hbond substituents is 1. The van der Waals surface area contributed by atoms with E-state index < -0.39 is 53.7 Å². The minimum atomic E-state index is -0.966. The molecule has 6 aromatic carbocycles. The van der Waals surface area contributed by atoms with Crippen molar-refractivity contribution in [2.24, 2.45) is 0 Å². The predicted molar refractivity (Wildman–Crippen MR) is 229 cm³/mol. The van der Waals surface area contributed by atoms with Gasteiger partial charge in [-0.1, -0.05) is 137 Å². The smallest absolute Gasteiger partial charge is 0.148 e. The van der Waals surface area contributed by atoms with Gasteiger partial charge in [0, 0.05) is 40.0 Å². The van der Waals surface area contributed by atoms with E-state index in [-0.39, 0.29) is 49.7 Å². The molecule has 282 valence electrons. The molecule has 0 radical (unpaired) electrons. The number of imidazole rings is 1. The van der Waals surface area contributed by atoms with Gasteiger partial charge in [-0.3, -0.25) is 9.55 Å². The van der Waals surface area contributed by atoms with Crippen LogP contribution < -0.4 is 0 Å². The summed E-state index contributed by atoms with van der Waals surface area (Å²) >= 11 is 0. The standard InChI is InChI=1S/C51H46N3O.Pt/c1-32(2)38-25-39(36-17-12-9-13-18-36)30-43(29-38)54-47-20-14-19-44(48(47)53-50(54)45-24-33(3)23-34(4)49(45)55)40-26-41(28-42(27-40)51(5,6)7)46-31-37(21-22-52-46)35-15-10-8-11-16-35;/h8-25,27-32,55H,1-7H3;/q-1;/i8D,10D,11D,15D,16D,21D,22D,31D,32D;. The predicted octanol–water partition coefficient (Wildman–Crippen LogP) is 13.3. The topological polar surface area (TPSA) is 50.9 Å². The van der Waals surface area contributed by atoms with Gasteiger partial charge >= 0.3 is 0 Å². The van der Waals surface area contributed by atoms with Crippen molar-refractivity contribution in [1.82, 2.24) is 14.5 Å². The van der Waals surface area contributed by atoms with Gasteiger partial charge in [-0.15, -0.1) is 29.3 Å². The SMILES string of the molecule is [2H]c1nc(-c2[c-]c(-c3cccc4c3nc(-c3cc(C)cc(C)c3O)n4-c3cc(-c4ccccc4)cc(C([2H])(C)C)c3)cc(C(C)(C)C)c2)c([2H])c(-c2c([2H])c([2H])c([2H])c([2H])c2[2H])c1[2H].[Pt]. The number of hydrogen-bond donors (Lipinski definition) is 1. The van der Waals surface area contributed by atoms with Crippen molar-refractivity contribution in [3.63, 3.8) is 0 Å². The van der Waals surface area contributed by atoms with Crippen molar-refractivity contribution >= 4 is 11.0 Å². The first kappa shape index (κ1) is 28.8. The second-order valence-electron chi connectivity index (χ2n) is 15.2. The summed E-state index contributed by atoms with van der Waals surface area (Å²) < 4.78 is 80.2. The first-order chi connectivity index (χ1) is 30.1. The fraction of sp³-hybridized carbons (Fsp3) is 0.176. The van der Waals surface area contributed by atoms with Crippen LogP contribution in [0.5, 0.6) is 5.75 Å². The van der Waals surface area contributed by atoms with Crippen LogP contribution in [0.3, 0.4) is 0 Å². The van der Waals surface area contributed by atoms with E-state index in [1.54, 1.807) is 0 Å². The molecule has 0 aliphatic carbocycles. The van der Waals surface area contributed by atoms with Crippen molar-refractivity contribution in [1.29, 1.82) is 0 Å². The first-order valence-corrected chi connectivity index (χ1v) is 18.2. The van der Waals surface area contributed by atoms with Gasteiger partial charge in [-0.2, -0.15) is 0 Å². The average molecular weight is 921 g/mol. The number of pyridine rings is 1. The van der Waals surface area contributed by atoms with Gasteiger partial charge in [0.25, 0.3) is 0 Å². The van der Waals surface area contributed by atoms with Gasteiger partial charge < -0.3 is 5.11 Å². The van der Waals surface area contributed by atoms with Gasteiger partial charge in [0.05, 0.1) is 27.6 Å². The number of nitrogens with zero attached hydrogens (tertiary/aromatic N) is 3. The largest absolute Gasteiger partial charge is 0.507 e. The molecule has 2 aromatic heterocycles. The summed E-state index contributed by atoms with van der Waals surface area (Å²) in [7, 11) is 0. The van der Waals surface area contributed by atoms with Crippen LogP contribution in [0.25, 0.3) is 72.7 Å². The van der Waals surface area contributed by atoms with Crippen LogP contribution in [0.1, 0.15) is 75.1 Å². The van der Waals surface area contributed by atoms with E-state index in [0.717, 1.165) is 33.5 Å². The van der Waals surface area contributed by atoms with Gasteiger partial charge in [0.1, 0.15) is 11.6 Å². The van der Waals surface area contributed by atoms with Crippen LogP contribution in [0.2, 0.25) is 0 Å². The molecule has 0 amide bonds. The number of fused-ring (bicyclic) bond motifs is 1. The normalized spacial score (nSPS) is 14.0. The Hall–Kier alpha value is -5.57. The number of aromatic hydroxyl groups is 1. The Morgan fingerprint density at radius 3 is 2.25 bits per heavy atom. The maximum absolute atomic E-state index is 11.7. The molecule has 0 aliphatic rings. The monoisotopic (exact) mass is 920 g/mol. The molecule has 5 heteroatoms. The molecule has 0 atom stereocenters. The summed E-state index contributed by atoms with van der Waals surface area (Å²) in [6.07, 6.45) is -0.532. The van der Waals surface area contributed by atoms with Crippen molar-refractivity contribution in [3.8, 4) is 67.5 Å². The molecule has 0 fully saturated rings. The number of hydrogen-bond acceptors (Lipinski definition) is 3. The molecule has 4 nitrogen and oxygen atoms in total. The van der Waals surface area contributed by atoms with Crippen molar-refractivity contribution in [2.75, 3.05) is 0 Å². The molecule has 8 aromatic rings. The van der Waals surface area contributed by atoms with Crippen LogP contribution in [-0.4, -0.2) is 19.6 Å². The Bertz CT molecular complexity index is 3180. The van der Waals surface area contributed by atoms with Gasteiger partial charge in [0.15, 0.2) is 0 Å². The quantitative estimate of drug-likeness (QED) is 0.162. The van der Waals surface area contributed by atoms with Crippen LogP contribution in [0.4, 0.5) is 0 Å². The van der Waals surface area contributed by atoms with Crippen LogP contribution in [0, 0.1) is 19.9 Å². The molecule has 0 spiro atoms.